The number of nitrogens with one attached hydrogen (secondary N) is 2. The molecule has 34 heavy (non-hydrogen) atoms. The first kappa shape index (κ1) is 24.4. The Hall–Kier alpha value is -2.74. The lowest BCUT2D eigenvalue weighted by molar-refractivity contribution is 0.262. The molecule has 0 saturated heterocycles. The minimum Gasteiger partial charge on any atom is -0.306 e. The zero-order valence-electron chi connectivity index (χ0n) is 19.6. The van der Waals surface area contributed by atoms with Crippen molar-refractivity contribution in [2.75, 3.05) is 23.1 Å². The Bertz CT molecular complexity index is 1380. The molecular weight excluding hydrogens is 484 g/mol. The van der Waals surface area contributed by atoms with Gasteiger partial charge in [0.05, 0.1) is 23.1 Å². The summed E-state index contributed by atoms with van der Waals surface area (Å²) >= 11 is 9.68. The Morgan fingerprint density at radius 2 is 1.76 bits per heavy atom. The van der Waals surface area contributed by atoms with Gasteiger partial charge in [0, 0.05) is 32.1 Å². The van der Waals surface area contributed by atoms with E-state index in [0.29, 0.717) is 16.4 Å². The highest BCUT2D eigenvalue weighted by Crippen LogP contribution is 2.40. The van der Waals surface area contributed by atoms with Crippen molar-refractivity contribution in [3.8, 4) is 11.1 Å². The number of aryl methyl sites for hydroxylation is 3. The van der Waals surface area contributed by atoms with E-state index in [1.807, 2.05) is 63.6 Å². The molecular formula is C26H25ClN4OS2. The lowest BCUT2D eigenvalue weighted by Gasteiger charge is -2.18. The van der Waals surface area contributed by atoms with Crippen LogP contribution >= 0.6 is 35.1 Å². The van der Waals surface area contributed by atoms with Gasteiger partial charge in [0.1, 0.15) is 5.03 Å². The Morgan fingerprint density at radius 3 is 2.47 bits per heavy atom. The molecule has 2 aromatic heterocycles. The summed E-state index contributed by atoms with van der Waals surface area (Å²) in [5, 5.41) is 8.34. The van der Waals surface area contributed by atoms with Crippen molar-refractivity contribution in [3.05, 3.63) is 70.5 Å². The molecule has 0 spiro atoms. The summed E-state index contributed by atoms with van der Waals surface area (Å²) in [7, 11) is 0. The SMILES string of the molecule is CSc1cc(C)nc(SC)c1NC(=O)Nc1cnc2c(C)cc(C)cc2c1-c1ccccc1Cl. The van der Waals surface area contributed by atoms with Gasteiger partial charge < -0.3 is 10.6 Å². The molecule has 174 valence electrons. The van der Waals surface area contributed by atoms with E-state index in [0.717, 1.165) is 48.8 Å². The number of urea groups is 1. The molecule has 2 amide bonds. The summed E-state index contributed by atoms with van der Waals surface area (Å²) in [6.45, 7) is 6.04. The summed E-state index contributed by atoms with van der Waals surface area (Å²) < 4.78 is 0. The third-order valence-electron chi connectivity index (χ3n) is 5.43. The van der Waals surface area contributed by atoms with E-state index in [2.05, 4.69) is 32.7 Å². The van der Waals surface area contributed by atoms with Gasteiger partial charge in [0.15, 0.2) is 0 Å². The Morgan fingerprint density at radius 1 is 1.00 bits per heavy atom. The predicted octanol–water partition coefficient (Wildman–Crippen LogP) is 7.96. The second kappa shape index (κ2) is 10.3. The number of carbonyl (C=O) groups excluding carboxylic acids is 1. The molecule has 0 aliphatic carbocycles. The van der Waals surface area contributed by atoms with Crippen LogP contribution in [0.25, 0.3) is 22.0 Å². The maximum absolute atomic E-state index is 13.2. The van der Waals surface area contributed by atoms with Crippen LogP contribution in [-0.4, -0.2) is 28.5 Å². The molecule has 0 unspecified atom stereocenters. The van der Waals surface area contributed by atoms with E-state index in [-0.39, 0.29) is 6.03 Å². The van der Waals surface area contributed by atoms with E-state index in [1.165, 1.54) is 11.8 Å². The summed E-state index contributed by atoms with van der Waals surface area (Å²) in [6, 6.07) is 13.4. The van der Waals surface area contributed by atoms with Crippen molar-refractivity contribution >= 4 is 63.4 Å². The van der Waals surface area contributed by atoms with Gasteiger partial charge in [0.2, 0.25) is 0 Å². The first-order chi connectivity index (χ1) is 16.3. The molecule has 0 aliphatic heterocycles. The quantitative estimate of drug-likeness (QED) is 0.267. The number of fused-ring (bicyclic) bond motifs is 1. The highest BCUT2D eigenvalue weighted by atomic mass is 35.5. The van der Waals surface area contributed by atoms with Crippen LogP contribution < -0.4 is 10.6 Å². The second-order valence-corrected chi connectivity index (χ2v) is 9.98. The van der Waals surface area contributed by atoms with Crippen LogP contribution in [0.15, 0.2) is 58.6 Å². The molecule has 8 heteroatoms. The zero-order chi connectivity index (χ0) is 24.4. The fraction of sp³-hybridized carbons (Fsp3) is 0.192. The van der Waals surface area contributed by atoms with Crippen molar-refractivity contribution in [2.45, 2.75) is 30.7 Å². The average molecular weight is 509 g/mol. The molecule has 2 N–H and O–H groups in total. The van der Waals surface area contributed by atoms with Crippen LogP contribution in [0.1, 0.15) is 16.8 Å². The smallest absolute Gasteiger partial charge is 0.306 e. The first-order valence-electron chi connectivity index (χ1n) is 10.6. The van der Waals surface area contributed by atoms with Gasteiger partial charge in [-0.3, -0.25) is 4.98 Å². The summed E-state index contributed by atoms with van der Waals surface area (Å²) in [5.74, 6) is 0. The molecule has 0 saturated carbocycles. The monoisotopic (exact) mass is 508 g/mol. The van der Waals surface area contributed by atoms with Crippen molar-refractivity contribution in [1.82, 2.24) is 9.97 Å². The number of thioether (sulfide) groups is 2. The highest BCUT2D eigenvalue weighted by molar-refractivity contribution is 7.99. The number of benzene rings is 2. The molecule has 2 aromatic carbocycles. The number of carbonyl (C=O) groups is 1. The van der Waals surface area contributed by atoms with E-state index in [4.69, 9.17) is 11.6 Å². The van der Waals surface area contributed by atoms with Crippen LogP contribution in [0.2, 0.25) is 5.02 Å². The number of pyridine rings is 2. The minimum atomic E-state index is -0.366. The van der Waals surface area contributed by atoms with Crippen LogP contribution in [0, 0.1) is 20.8 Å². The zero-order valence-corrected chi connectivity index (χ0v) is 22.0. The normalized spacial score (nSPS) is 11.0. The lowest BCUT2D eigenvalue weighted by Crippen LogP contribution is -2.21. The number of aromatic nitrogens is 2. The Labute approximate surface area is 213 Å². The molecule has 0 fully saturated rings. The van der Waals surface area contributed by atoms with E-state index < -0.39 is 0 Å². The van der Waals surface area contributed by atoms with Crippen LogP contribution in [0.3, 0.4) is 0 Å². The standard InChI is InChI=1S/C26H25ClN4OS2/c1-14-10-15(2)23-18(11-14)22(17-8-6-7-9-19(17)27)20(13-28-23)30-26(32)31-24-21(33-4)12-16(3)29-25(24)34-5/h6-13H,1-5H3,(H2,30,31,32). The molecule has 0 atom stereocenters. The van der Waals surface area contributed by atoms with Crippen LogP contribution in [-0.2, 0) is 0 Å². The number of anilines is 2. The molecule has 4 rings (SSSR count). The topological polar surface area (TPSA) is 66.9 Å². The third kappa shape index (κ3) is 4.87. The fourth-order valence-electron chi connectivity index (χ4n) is 4.02. The molecule has 0 bridgehead atoms. The highest BCUT2D eigenvalue weighted by Gasteiger charge is 2.19. The van der Waals surface area contributed by atoms with Gasteiger partial charge >= 0.3 is 6.03 Å². The number of hydrogen-bond donors (Lipinski definition) is 2. The number of halogens is 1. The molecule has 2 heterocycles. The molecule has 0 radical (unpaired) electrons. The van der Waals surface area contributed by atoms with Gasteiger partial charge in [-0.05, 0) is 57.0 Å². The summed E-state index contributed by atoms with van der Waals surface area (Å²) in [6.07, 6.45) is 5.62. The maximum Gasteiger partial charge on any atom is 0.323 e. The van der Waals surface area contributed by atoms with E-state index in [9.17, 15) is 4.79 Å². The number of hydrogen-bond acceptors (Lipinski definition) is 5. The Kier molecular flexibility index (Phi) is 7.36. The summed E-state index contributed by atoms with van der Waals surface area (Å²) in [5.41, 5.74) is 6.93. The van der Waals surface area contributed by atoms with Crippen molar-refractivity contribution in [2.24, 2.45) is 0 Å². The van der Waals surface area contributed by atoms with Crippen LogP contribution in [0.5, 0.6) is 0 Å². The number of amides is 2. The summed E-state index contributed by atoms with van der Waals surface area (Å²) in [4.78, 5) is 23.4. The van der Waals surface area contributed by atoms with Gasteiger partial charge in [-0.1, -0.05) is 41.4 Å². The van der Waals surface area contributed by atoms with Gasteiger partial charge in [0.25, 0.3) is 0 Å². The third-order valence-corrected chi connectivity index (χ3v) is 7.20. The number of nitrogens with zero attached hydrogens (tertiary/aromatic N) is 2. The largest absolute Gasteiger partial charge is 0.323 e. The first-order valence-corrected chi connectivity index (χ1v) is 13.5. The molecule has 4 aromatic rings. The predicted molar refractivity (Wildman–Crippen MR) is 147 cm³/mol. The second-order valence-electron chi connectivity index (χ2n) is 7.93. The fourth-order valence-corrected chi connectivity index (χ4v) is 5.55. The van der Waals surface area contributed by atoms with Crippen molar-refractivity contribution < 1.29 is 4.79 Å². The van der Waals surface area contributed by atoms with Gasteiger partial charge in [-0.15, -0.1) is 23.5 Å². The van der Waals surface area contributed by atoms with Gasteiger partial charge in [-0.25, -0.2) is 9.78 Å². The van der Waals surface area contributed by atoms with Gasteiger partial charge in [-0.2, -0.15) is 0 Å². The van der Waals surface area contributed by atoms with Crippen LogP contribution in [0.4, 0.5) is 16.2 Å². The number of rotatable bonds is 5. The van der Waals surface area contributed by atoms with Crippen molar-refractivity contribution in [1.29, 1.82) is 0 Å². The maximum atomic E-state index is 13.2. The molecule has 0 aliphatic rings. The van der Waals surface area contributed by atoms with E-state index in [1.54, 1.807) is 18.0 Å². The average Bonchev–Trinajstić information content (AvgIpc) is 2.80. The van der Waals surface area contributed by atoms with Crippen molar-refractivity contribution in [3.63, 3.8) is 0 Å². The lowest BCUT2D eigenvalue weighted by atomic mass is 9.96. The Balaban J connectivity index is 1.81. The minimum absolute atomic E-state index is 0.366. The van der Waals surface area contributed by atoms with E-state index >= 15 is 0 Å². The molecule has 5 nitrogen and oxygen atoms in total.